The molecule has 7 nitrogen and oxygen atoms in total. The van der Waals surface area contributed by atoms with Gasteiger partial charge in [0.05, 0.1) is 17.2 Å². The van der Waals surface area contributed by atoms with E-state index in [4.69, 9.17) is 5.11 Å². The quantitative estimate of drug-likeness (QED) is 0.639. The van der Waals surface area contributed by atoms with E-state index in [1.165, 1.54) is 12.1 Å². The maximum atomic E-state index is 12.8. The monoisotopic (exact) mass is 366 g/mol. The van der Waals surface area contributed by atoms with Gasteiger partial charge in [-0.05, 0) is 35.2 Å². The summed E-state index contributed by atoms with van der Waals surface area (Å²) in [6.07, 6.45) is 4.00. The smallest absolute Gasteiger partial charge is 0.303 e. The molecule has 0 unspecified atom stereocenters. The first kappa shape index (κ1) is 18.3. The van der Waals surface area contributed by atoms with Crippen LogP contribution in [0.2, 0.25) is 0 Å². The molecule has 2 aromatic carbocycles. The van der Waals surface area contributed by atoms with Crippen molar-refractivity contribution in [1.29, 1.82) is 0 Å². The number of hydrogen-bond donors (Lipinski definition) is 1. The van der Waals surface area contributed by atoms with Crippen LogP contribution >= 0.6 is 0 Å². The van der Waals surface area contributed by atoms with Crippen LogP contribution in [0.25, 0.3) is 12.2 Å². The Morgan fingerprint density at radius 2 is 1.81 bits per heavy atom. The number of carbonyl (C=O) groups is 2. The highest BCUT2D eigenvalue weighted by Gasteiger charge is 2.22. The Hall–Kier alpha value is -3.48. The number of para-hydroxylation sites is 1. The van der Waals surface area contributed by atoms with E-state index in [9.17, 15) is 19.7 Å². The lowest BCUT2D eigenvalue weighted by atomic mass is 10.00. The second-order valence-electron chi connectivity index (χ2n) is 6.26. The van der Waals surface area contributed by atoms with Crippen molar-refractivity contribution in [1.82, 2.24) is 0 Å². The van der Waals surface area contributed by atoms with Gasteiger partial charge in [-0.15, -0.1) is 0 Å². The van der Waals surface area contributed by atoms with Crippen LogP contribution in [0.5, 0.6) is 0 Å². The molecule has 0 radical (unpaired) electrons. The fourth-order valence-electron chi connectivity index (χ4n) is 3.06. The average molecular weight is 366 g/mol. The maximum absolute atomic E-state index is 12.8. The van der Waals surface area contributed by atoms with E-state index in [-0.39, 0.29) is 37.4 Å². The Morgan fingerprint density at radius 3 is 2.56 bits per heavy atom. The summed E-state index contributed by atoms with van der Waals surface area (Å²) in [7, 11) is 0. The summed E-state index contributed by atoms with van der Waals surface area (Å²) in [4.78, 5) is 35.8. The van der Waals surface area contributed by atoms with Gasteiger partial charge in [0.15, 0.2) is 0 Å². The number of amides is 1. The normalized spacial score (nSPS) is 12.5. The minimum atomic E-state index is -0.945. The molecule has 138 valence electrons. The number of aliphatic carboxylic acids is 1. The number of benzene rings is 2. The van der Waals surface area contributed by atoms with Crippen LogP contribution in [0.4, 0.5) is 11.4 Å². The summed E-state index contributed by atoms with van der Waals surface area (Å²) in [5.74, 6) is -1.16. The van der Waals surface area contributed by atoms with E-state index < -0.39 is 10.9 Å². The molecule has 0 saturated carbocycles. The lowest BCUT2D eigenvalue weighted by molar-refractivity contribution is -0.384. The molecule has 1 amide bonds. The van der Waals surface area contributed by atoms with Crippen LogP contribution in [-0.4, -0.2) is 21.9 Å². The van der Waals surface area contributed by atoms with Crippen molar-refractivity contribution in [2.45, 2.75) is 25.8 Å². The molecule has 27 heavy (non-hydrogen) atoms. The number of anilines is 1. The number of non-ortho nitro benzene ring substituents is 1. The van der Waals surface area contributed by atoms with Gasteiger partial charge in [-0.3, -0.25) is 19.7 Å². The van der Waals surface area contributed by atoms with Crippen LogP contribution in [0, 0.1) is 10.1 Å². The highest BCUT2D eigenvalue weighted by molar-refractivity contribution is 5.97. The summed E-state index contributed by atoms with van der Waals surface area (Å²) in [6.45, 7) is 0.185. The molecule has 0 spiro atoms. The van der Waals surface area contributed by atoms with Crippen molar-refractivity contribution in [2.75, 3.05) is 4.90 Å². The number of hydrogen-bond acceptors (Lipinski definition) is 4. The van der Waals surface area contributed by atoms with E-state index in [1.54, 1.807) is 11.0 Å². The van der Waals surface area contributed by atoms with Crippen LogP contribution in [0.1, 0.15) is 36.0 Å². The topological polar surface area (TPSA) is 101 Å². The Balaban J connectivity index is 1.99. The number of nitrogens with zero attached hydrogens (tertiary/aromatic N) is 2. The Kier molecular flexibility index (Phi) is 5.30. The predicted molar refractivity (Wildman–Crippen MR) is 101 cm³/mol. The number of carboxylic acids is 1. The zero-order chi connectivity index (χ0) is 19.4. The number of carboxylic acid groups (broad SMARTS) is 1. The molecule has 0 atom stereocenters. The third-order valence-electron chi connectivity index (χ3n) is 4.42. The van der Waals surface area contributed by atoms with Gasteiger partial charge in [-0.25, -0.2) is 0 Å². The van der Waals surface area contributed by atoms with Crippen LogP contribution < -0.4 is 4.90 Å². The van der Waals surface area contributed by atoms with Gasteiger partial charge < -0.3 is 10.0 Å². The Bertz CT molecular complexity index is 936. The third-order valence-corrected chi connectivity index (χ3v) is 4.42. The lowest BCUT2D eigenvalue weighted by Gasteiger charge is -2.27. The molecule has 1 aliphatic heterocycles. The third kappa shape index (κ3) is 4.20. The predicted octanol–water partition coefficient (Wildman–Crippen LogP) is 3.87. The van der Waals surface area contributed by atoms with Gasteiger partial charge in [-0.1, -0.05) is 30.4 Å². The van der Waals surface area contributed by atoms with Crippen molar-refractivity contribution < 1.29 is 19.6 Å². The minimum Gasteiger partial charge on any atom is -0.481 e. The number of carbonyl (C=O) groups excluding carboxylic acids is 1. The minimum absolute atomic E-state index is 0.0331. The van der Waals surface area contributed by atoms with Crippen molar-refractivity contribution in [2.24, 2.45) is 0 Å². The largest absolute Gasteiger partial charge is 0.481 e. The molecule has 0 aliphatic carbocycles. The number of fused-ring (bicyclic) bond motifs is 2. The van der Waals surface area contributed by atoms with Crippen LogP contribution in [0.15, 0.2) is 42.5 Å². The zero-order valence-electron chi connectivity index (χ0n) is 14.5. The van der Waals surface area contributed by atoms with Gasteiger partial charge in [0.1, 0.15) is 0 Å². The lowest BCUT2D eigenvalue weighted by Crippen LogP contribution is -2.31. The summed E-state index contributed by atoms with van der Waals surface area (Å²) in [6, 6.07) is 12.0. The van der Waals surface area contributed by atoms with Crippen molar-refractivity contribution in [3.05, 3.63) is 69.3 Å². The summed E-state index contributed by atoms with van der Waals surface area (Å²) in [5.41, 5.74) is 2.99. The van der Waals surface area contributed by atoms with Gasteiger partial charge in [-0.2, -0.15) is 0 Å². The Labute approximate surface area is 155 Å². The molecule has 1 N–H and O–H groups in total. The molecule has 1 aliphatic rings. The highest BCUT2D eigenvalue weighted by Crippen LogP contribution is 2.31. The number of nitro groups is 1. The molecule has 0 fully saturated rings. The van der Waals surface area contributed by atoms with Crippen LogP contribution in [0.3, 0.4) is 0 Å². The van der Waals surface area contributed by atoms with Crippen LogP contribution in [-0.2, 0) is 16.1 Å². The summed E-state index contributed by atoms with van der Waals surface area (Å²) in [5, 5.41) is 19.9. The maximum Gasteiger partial charge on any atom is 0.303 e. The molecule has 0 bridgehead atoms. The van der Waals surface area contributed by atoms with Crippen molar-refractivity contribution in [3.63, 3.8) is 0 Å². The average Bonchev–Trinajstić information content (AvgIpc) is 2.62. The molecule has 0 aromatic heterocycles. The van der Waals surface area contributed by atoms with E-state index in [2.05, 4.69) is 0 Å². The van der Waals surface area contributed by atoms with Gasteiger partial charge in [0.25, 0.3) is 5.69 Å². The van der Waals surface area contributed by atoms with E-state index in [0.29, 0.717) is 11.3 Å². The molecular weight excluding hydrogens is 348 g/mol. The molecule has 7 heteroatoms. The van der Waals surface area contributed by atoms with E-state index in [0.717, 1.165) is 11.1 Å². The van der Waals surface area contributed by atoms with Gasteiger partial charge in [0.2, 0.25) is 5.91 Å². The molecule has 0 saturated heterocycles. The molecular formula is C20H18N2O5. The Morgan fingerprint density at radius 1 is 1.07 bits per heavy atom. The van der Waals surface area contributed by atoms with E-state index in [1.807, 2.05) is 36.4 Å². The second-order valence-corrected chi connectivity index (χ2v) is 6.26. The first-order chi connectivity index (χ1) is 13.0. The fraction of sp³-hybridized carbons (Fsp3) is 0.200. The van der Waals surface area contributed by atoms with Crippen molar-refractivity contribution in [3.8, 4) is 0 Å². The highest BCUT2D eigenvalue weighted by atomic mass is 16.6. The molecule has 2 aromatic rings. The summed E-state index contributed by atoms with van der Waals surface area (Å²) < 4.78 is 0. The fourth-order valence-corrected chi connectivity index (χ4v) is 3.06. The standard InChI is InChI=1S/C20H18N2O5/c23-19(6-3-7-20(24)25)21-13-16-12-17(22(26)27)11-10-14(16)8-9-15-4-1-2-5-18(15)21/h1-2,4-5,8-12H,3,6-7,13H2,(H,24,25). The van der Waals surface area contributed by atoms with Crippen molar-refractivity contribution >= 4 is 35.4 Å². The SMILES string of the molecule is O=C(O)CCCC(=O)N1Cc2cc([N+](=O)[O-])ccc2C=Cc2ccccc21. The van der Waals surface area contributed by atoms with Gasteiger partial charge >= 0.3 is 5.97 Å². The molecule has 3 rings (SSSR count). The second kappa shape index (κ2) is 7.82. The van der Waals surface area contributed by atoms with E-state index >= 15 is 0 Å². The first-order valence-corrected chi connectivity index (χ1v) is 8.52. The van der Waals surface area contributed by atoms with Gasteiger partial charge in [0, 0.05) is 25.0 Å². The number of nitro benzene ring substituents is 1. The zero-order valence-corrected chi connectivity index (χ0v) is 14.5. The first-order valence-electron chi connectivity index (χ1n) is 8.52. The number of rotatable bonds is 5. The molecule has 1 heterocycles. The summed E-state index contributed by atoms with van der Waals surface area (Å²) >= 11 is 0.